The Morgan fingerprint density at radius 1 is 1.28 bits per heavy atom. The fraction of sp³-hybridized carbons (Fsp3) is 0.0500. The minimum Gasteiger partial charge on any atom is -0.405 e. The van der Waals surface area contributed by atoms with Crippen LogP contribution in [0.4, 0.5) is 10.1 Å². The minimum absolute atomic E-state index is 0.342. The first-order valence-electron chi connectivity index (χ1n) is 7.77. The summed E-state index contributed by atoms with van der Waals surface area (Å²) in [5, 5.41) is 3.83. The molecule has 3 N–H and O–H groups in total. The summed E-state index contributed by atoms with van der Waals surface area (Å²) >= 11 is 1.52. The van der Waals surface area contributed by atoms with E-state index in [9.17, 15) is 0 Å². The Labute approximate surface area is 150 Å². The molecule has 3 aromatic rings. The van der Waals surface area contributed by atoms with E-state index in [1.807, 2.05) is 43.3 Å². The van der Waals surface area contributed by atoms with Gasteiger partial charge in [-0.3, -0.25) is 0 Å². The van der Waals surface area contributed by atoms with Crippen molar-refractivity contribution in [2.24, 2.45) is 5.73 Å². The number of aromatic nitrogens is 1. The molecule has 5 heteroatoms. The lowest BCUT2D eigenvalue weighted by Crippen LogP contribution is -2.03. The lowest BCUT2D eigenvalue weighted by atomic mass is 10.1. The summed E-state index contributed by atoms with van der Waals surface area (Å²) in [6.07, 6.45) is 6.40. The van der Waals surface area contributed by atoms with Gasteiger partial charge in [0.15, 0.2) is 5.82 Å². The third-order valence-electron chi connectivity index (χ3n) is 3.65. The standard InChI is InChI=1S/C20H18FN3S/c1-3-6-14(11-12-22)23-19-15-7-4-5-8-16(15)24-20(18(19)21)17-10-9-13(2)25-17/h3-12H,1,22H2,2H3,(H,23,24)/b12-11-,14-6+. The molecule has 0 atom stereocenters. The maximum absolute atomic E-state index is 15.3. The van der Waals surface area contributed by atoms with E-state index >= 15 is 4.39 Å². The molecule has 0 radical (unpaired) electrons. The number of nitrogens with two attached hydrogens (primary N) is 1. The first kappa shape index (κ1) is 16.9. The van der Waals surface area contributed by atoms with Gasteiger partial charge in [-0.1, -0.05) is 30.9 Å². The normalized spacial score (nSPS) is 12.0. The van der Waals surface area contributed by atoms with Crippen molar-refractivity contribution in [3.63, 3.8) is 0 Å². The zero-order valence-electron chi connectivity index (χ0n) is 13.8. The van der Waals surface area contributed by atoms with Crippen molar-refractivity contribution in [2.75, 3.05) is 5.32 Å². The van der Waals surface area contributed by atoms with Gasteiger partial charge in [-0.2, -0.15) is 0 Å². The van der Waals surface area contributed by atoms with Gasteiger partial charge in [-0.05, 0) is 43.5 Å². The summed E-state index contributed by atoms with van der Waals surface area (Å²) < 4.78 is 15.3. The number of para-hydroxylation sites is 1. The van der Waals surface area contributed by atoms with E-state index in [1.54, 1.807) is 18.2 Å². The Hall–Kier alpha value is -2.92. The minimum atomic E-state index is -0.388. The zero-order chi connectivity index (χ0) is 17.8. The first-order valence-corrected chi connectivity index (χ1v) is 8.58. The van der Waals surface area contributed by atoms with E-state index in [-0.39, 0.29) is 5.82 Å². The van der Waals surface area contributed by atoms with E-state index in [4.69, 9.17) is 5.73 Å². The van der Waals surface area contributed by atoms with E-state index in [0.717, 1.165) is 15.3 Å². The molecule has 3 rings (SSSR count). The third kappa shape index (κ3) is 3.46. The smallest absolute Gasteiger partial charge is 0.174 e. The number of aryl methyl sites for hydroxylation is 1. The molecule has 0 amide bonds. The van der Waals surface area contributed by atoms with Crippen LogP contribution in [0.5, 0.6) is 0 Å². The molecular weight excluding hydrogens is 333 g/mol. The highest BCUT2D eigenvalue weighted by Gasteiger charge is 2.18. The molecule has 25 heavy (non-hydrogen) atoms. The van der Waals surface area contributed by atoms with Crippen molar-refractivity contribution >= 4 is 27.9 Å². The third-order valence-corrected chi connectivity index (χ3v) is 4.66. The molecule has 2 heterocycles. The van der Waals surface area contributed by atoms with Crippen molar-refractivity contribution in [1.82, 2.24) is 4.98 Å². The Kier molecular flexibility index (Phi) is 4.95. The number of hydrogen-bond donors (Lipinski definition) is 2. The lowest BCUT2D eigenvalue weighted by Gasteiger charge is -2.14. The lowest BCUT2D eigenvalue weighted by molar-refractivity contribution is 0.632. The number of anilines is 1. The average molecular weight is 351 g/mol. The molecule has 0 fully saturated rings. The fourth-order valence-corrected chi connectivity index (χ4v) is 3.40. The Morgan fingerprint density at radius 3 is 2.76 bits per heavy atom. The van der Waals surface area contributed by atoms with Crippen molar-refractivity contribution in [3.05, 3.63) is 83.8 Å². The van der Waals surface area contributed by atoms with Gasteiger partial charge in [0, 0.05) is 16.0 Å². The second kappa shape index (κ2) is 7.32. The van der Waals surface area contributed by atoms with E-state index < -0.39 is 0 Å². The van der Waals surface area contributed by atoms with Crippen LogP contribution in [-0.2, 0) is 0 Å². The predicted octanol–water partition coefficient (Wildman–Crippen LogP) is 5.37. The second-order valence-corrected chi connectivity index (χ2v) is 6.71. The van der Waals surface area contributed by atoms with Crippen LogP contribution in [0.1, 0.15) is 4.88 Å². The summed E-state index contributed by atoms with van der Waals surface area (Å²) in [7, 11) is 0. The van der Waals surface area contributed by atoms with Crippen molar-refractivity contribution in [2.45, 2.75) is 6.92 Å². The molecule has 0 aliphatic carbocycles. The molecular formula is C20H18FN3S. The molecule has 0 spiro atoms. The van der Waals surface area contributed by atoms with Gasteiger partial charge in [0.25, 0.3) is 0 Å². The number of benzene rings is 1. The maximum Gasteiger partial charge on any atom is 0.174 e. The van der Waals surface area contributed by atoms with E-state index in [0.29, 0.717) is 22.5 Å². The molecule has 3 nitrogen and oxygen atoms in total. The van der Waals surface area contributed by atoms with Gasteiger partial charge in [0.05, 0.1) is 16.1 Å². The summed E-state index contributed by atoms with van der Waals surface area (Å²) in [4.78, 5) is 6.44. The highest BCUT2D eigenvalue weighted by molar-refractivity contribution is 7.15. The van der Waals surface area contributed by atoms with Crippen LogP contribution < -0.4 is 11.1 Å². The number of pyridine rings is 1. The topological polar surface area (TPSA) is 50.9 Å². The number of thiophene rings is 1. The summed E-state index contributed by atoms with van der Waals surface area (Å²) in [6.45, 7) is 5.67. The highest BCUT2D eigenvalue weighted by atomic mass is 32.1. The van der Waals surface area contributed by atoms with Crippen molar-refractivity contribution < 1.29 is 4.39 Å². The monoisotopic (exact) mass is 351 g/mol. The molecule has 0 aliphatic heterocycles. The summed E-state index contributed by atoms with van der Waals surface area (Å²) in [5.74, 6) is -0.388. The maximum atomic E-state index is 15.3. The number of nitrogens with zero attached hydrogens (tertiary/aromatic N) is 1. The highest BCUT2D eigenvalue weighted by Crippen LogP contribution is 2.36. The van der Waals surface area contributed by atoms with Crippen LogP contribution in [0.25, 0.3) is 21.5 Å². The first-order chi connectivity index (χ1) is 12.1. The number of fused-ring (bicyclic) bond motifs is 1. The average Bonchev–Trinajstić information content (AvgIpc) is 3.03. The molecule has 0 aliphatic rings. The summed E-state index contributed by atoms with van der Waals surface area (Å²) in [6, 6.07) is 11.3. The Morgan fingerprint density at radius 2 is 2.08 bits per heavy atom. The number of halogens is 1. The van der Waals surface area contributed by atoms with Gasteiger partial charge >= 0.3 is 0 Å². The van der Waals surface area contributed by atoms with Gasteiger partial charge in [0.2, 0.25) is 0 Å². The zero-order valence-corrected chi connectivity index (χ0v) is 14.6. The van der Waals surface area contributed by atoms with Crippen LogP contribution in [-0.4, -0.2) is 4.98 Å². The van der Waals surface area contributed by atoms with Gasteiger partial charge in [-0.15, -0.1) is 11.3 Å². The molecule has 0 saturated carbocycles. The fourth-order valence-electron chi connectivity index (χ4n) is 2.55. The van der Waals surface area contributed by atoms with E-state index in [1.165, 1.54) is 17.5 Å². The molecule has 0 saturated heterocycles. The molecule has 2 aromatic heterocycles. The van der Waals surface area contributed by atoms with Crippen LogP contribution >= 0.6 is 11.3 Å². The predicted molar refractivity (Wildman–Crippen MR) is 105 cm³/mol. The quantitative estimate of drug-likeness (QED) is 0.608. The van der Waals surface area contributed by atoms with Crippen molar-refractivity contribution in [3.8, 4) is 10.6 Å². The SMILES string of the molecule is C=C/C=C(\C=C/N)Nc1c(F)c(-c2ccc(C)s2)nc2ccccc12. The molecule has 0 bridgehead atoms. The van der Waals surface area contributed by atoms with Gasteiger partial charge in [-0.25, -0.2) is 9.37 Å². The molecule has 1 aromatic carbocycles. The molecule has 126 valence electrons. The molecule has 0 unspecified atom stereocenters. The Balaban J connectivity index is 2.23. The second-order valence-electron chi connectivity index (χ2n) is 5.42. The van der Waals surface area contributed by atoms with Crippen LogP contribution in [0.15, 0.2) is 73.1 Å². The van der Waals surface area contributed by atoms with Gasteiger partial charge < -0.3 is 11.1 Å². The number of hydrogen-bond acceptors (Lipinski definition) is 4. The van der Waals surface area contributed by atoms with Gasteiger partial charge in [0.1, 0.15) is 5.69 Å². The van der Waals surface area contributed by atoms with Crippen LogP contribution in [0, 0.1) is 12.7 Å². The van der Waals surface area contributed by atoms with E-state index in [2.05, 4.69) is 16.9 Å². The van der Waals surface area contributed by atoms with Crippen molar-refractivity contribution in [1.29, 1.82) is 0 Å². The number of rotatable bonds is 5. The number of allylic oxidation sites excluding steroid dienone is 3. The number of nitrogens with one attached hydrogen (secondary N) is 1. The van der Waals surface area contributed by atoms with Crippen LogP contribution in [0.2, 0.25) is 0 Å². The van der Waals surface area contributed by atoms with Crippen LogP contribution in [0.3, 0.4) is 0 Å². The largest absolute Gasteiger partial charge is 0.405 e. The summed E-state index contributed by atoms with van der Waals surface area (Å²) in [5.41, 5.74) is 7.57. The Bertz CT molecular complexity index is 986.